The molecule has 1 aromatic carbocycles. The van der Waals surface area contributed by atoms with Crippen LogP contribution in [0.25, 0.3) is 10.9 Å². The van der Waals surface area contributed by atoms with Gasteiger partial charge in [-0.3, -0.25) is 0 Å². The number of hydrogen-bond acceptors (Lipinski definition) is 4. The SMILES string of the molecule is CC(C)(C)C1CC=C2C(C#N)C(=N)C(C#N)(C#N)C(c3c[nH]c4ccccc34)C2C1. The lowest BCUT2D eigenvalue weighted by Crippen LogP contribution is -2.50. The molecule has 0 radical (unpaired) electrons. The quantitative estimate of drug-likeness (QED) is 0.625. The van der Waals surface area contributed by atoms with E-state index in [0.29, 0.717) is 5.92 Å². The number of aromatic amines is 1. The summed E-state index contributed by atoms with van der Waals surface area (Å²) in [6, 6.07) is 14.5. The number of nitriles is 3. The zero-order chi connectivity index (χ0) is 21.7. The molecule has 4 unspecified atom stereocenters. The Hall–Kier alpha value is -3.36. The van der Waals surface area contributed by atoms with E-state index in [1.54, 1.807) is 0 Å². The van der Waals surface area contributed by atoms with Crippen LogP contribution in [0.3, 0.4) is 0 Å². The largest absolute Gasteiger partial charge is 0.361 e. The summed E-state index contributed by atoms with van der Waals surface area (Å²) in [6.07, 6.45) is 5.66. The van der Waals surface area contributed by atoms with Gasteiger partial charge in [0.2, 0.25) is 0 Å². The molecular weight excluding hydrogens is 370 g/mol. The van der Waals surface area contributed by atoms with E-state index in [2.05, 4.69) is 50.0 Å². The highest BCUT2D eigenvalue weighted by Gasteiger charge is 2.58. The predicted molar refractivity (Wildman–Crippen MR) is 115 cm³/mol. The highest BCUT2D eigenvalue weighted by atomic mass is 14.7. The summed E-state index contributed by atoms with van der Waals surface area (Å²) in [6.45, 7) is 6.64. The molecule has 150 valence electrons. The first-order chi connectivity index (χ1) is 14.3. The fraction of sp³-hybridized carbons (Fsp3) is 0.440. The van der Waals surface area contributed by atoms with Crippen LogP contribution in [-0.2, 0) is 0 Å². The van der Waals surface area contributed by atoms with Gasteiger partial charge in [0, 0.05) is 23.0 Å². The summed E-state index contributed by atoms with van der Waals surface area (Å²) in [5.41, 5.74) is 1.08. The minimum atomic E-state index is -1.66. The highest BCUT2D eigenvalue weighted by molar-refractivity contribution is 6.01. The smallest absolute Gasteiger partial charge is 0.189 e. The van der Waals surface area contributed by atoms with Crippen molar-refractivity contribution in [3.8, 4) is 18.2 Å². The van der Waals surface area contributed by atoms with Crippen LogP contribution in [0.15, 0.2) is 42.1 Å². The van der Waals surface area contributed by atoms with Crippen molar-refractivity contribution < 1.29 is 0 Å². The molecule has 30 heavy (non-hydrogen) atoms. The van der Waals surface area contributed by atoms with Crippen molar-refractivity contribution in [2.24, 2.45) is 28.6 Å². The average Bonchev–Trinajstić information content (AvgIpc) is 3.15. The Kier molecular flexibility index (Phi) is 4.56. The second kappa shape index (κ2) is 6.86. The van der Waals surface area contributed by atoms with E-state index < -0.39 is 17.3 Å². The van der Waals surface area contributed by atoms with E-state index in [1.165, 1.54) is 0 Å². The third-order valence-electron chi connectivity index (χ3n) is 7.18. The van der Waals surface area contributed by atoms with Crippen molar-refractivity contribution in [2.45, 2.75) is 39.5 Å². The number of allylic oxidation sites excluding steroid dienone is 2. The molecule has 2 aliphatic carbocycles. The number of benzene rings is 1. The fourth-order valence-electron chi connectivity index (χ4n) is 5.42. The summed E-state index contributed by atoms with van der Waals surface area (Å²) < 4.78 is 0. The first-order valence-corrected chi connectivity index (χ1v) is 10.4. The van der Waals surface area contributed by atoms with E-state index in [4.69, 9.17) is 5.41 Å². The highest BCUT2D eigenvalue weighted by Crippen LogP contribution is 2.58. The van der Waals surface area contributed by atoms with Gasteiger partial charge in [0.15, 0.2) is 5.41 Å². The van der Waals surface area contributed by atoms with Crippen LogP contribution in [0.4, 0.5) is 0 Å². The number of fused-ring (bicyclic) bond motifs is 2. The van der Waals surface area contributed by atoms with Crippen molar-refractivity contribution >= 4 is 16.6 Å². The third kappa shape index (κ3) is 2.68. The second-order valence-corrected chi connectivity index (χ2v) is 9.62. The molecule has 1 aromatic heterocycles. The van der Waals surface area contributed by atoms with E-state index in [9.17, 15) is 15.8 Å². The zero-order valence-corrected chi connectivity index (χ0v) is 17.5. The monoisotopic (exact) mass is 395 g/mol. The predicted octanol–water partition coefficient (Wildman–Crippen LogP) is 5.46. The van der Waals surface area contributed by atoms with Gasteiger partial charge >= 0.3 is 0 Å². The molecular formula is C25H25N5. The molecule has 0 bridgehead atoms. The van der Waals surface area contributed by atoms with Crippen molar-refractivity contribution in [2.75, 3.05) is 0 Å². The molecule has 1 heterocycles. The van der Waals surface area contributed by atoms with Gasteiger partial charge in [-0.05, 0) is 47.3 Å². The summed E-state index contributed by atoms with van der Waals surface area (Å²) in [7, 11) is 0. The average molecular weight is 396 g/mol. The molecule has 2 aromatic rings. The van der Waals surface area contributed by atoms with E-state index in [0.717, 1.165) is 34.9 Å². The van der Waals surface area contributed by atoms with Gasteiger partial charge in [0.25, 0.3) is 0 Å². The van der Waals surface area contributed by atoms with Gasteiger partial charge < -0.3 is 10.4 Å². The van der Waals surface area contributed by atoms with Gasteiger partial charge in [-0.2, -0.15) is 15.8 Å². The summed E-state index contributed by atoms with van der Waals surface area (Å²) in [5.74, 6) is -1.05. The number of para-hydroxylation sites is 1. The fourth-order valence-corrected chi connectivity index (χ4v) is 5.42. The number of nitrogens with zero attached hydrogens (tertiary/aromatic N) is 3. The molecule has 2 N–H and O–H groups in total. The standard InChI is InChI=1S/C25H25N5/c1-24(2,3)15-8-9-16-18(10-15)22(20-12-30-21-7-5-4-6-17(20)21)25(13-27,14-28)23(29)19(16)11-26/h4-7,9,12,15,18-19,22,29-30H,8,10H2,1-3H3. The Bertz CT molecular complexity index is 1160. The Morgan fingerprint density at radius 2 is 1.83 bits per heavy atom. The molecule has 0 saturated heterocycles. The van der Waals surface area contributed by atoms with E-state index >= 15 is 0 Å². The Morgan fingerprint density at radius 3 is 2.47 bits per heavy atom. The topological polar surface area (TPSA) is 111 Å². The van der Waals surface area contributed by atoms with E-state index in [-0.39, 0.29) is 17.0 Å². The number of hydrogen-bond donors (Lipinski definition) is 2. The van der Waals surface area contributed by atoms with Crippen LogP contribution in [0.1, 0.15) is 45.1 Å². The number of aromatic nitrogens is 1. The minimum Gasteiger partial charge on any atom is -0.361 e. The molecule has 4 atom stereocenters. The van der Waals surface area contributed by atoms with Crippen LogP contribution < -0.4 is 0 Å². The molecule has 5 heteroatoms. The van der Waals surface area contributed by atoms with Crippen LogP contribution in [0.2, 0.25) is 0 Å². The van der Waals surface area contributed by atoms with Crippen LogP contribution in [-0.4, -0.2) is 10.7 Å². The molecule has 1 fully saturated rings. The van der Waals surface area contributed by atoms with Gasteiger partial charge in [-0.25, -0.2) is 0 Å². The Balaban J connectivity index is 1.99. The molecule has 4 rings (SSSR count). The first kappa shape index (κ1) is 19.9. The van der Waals surface area contributed by atoms with Gasteiger partial charge in [-0.15, -0.1) is 0 Å². The molecule has 2 aliphatic rings. The van der Waals surface area contributed by atoms with E-state index in [1.807, 2.05) is 30.5 Å². The Labute approximate surface area is 177 Å². The van der Waals surface area contributed by atoms with Crippen LogP contribution in [0.5, 0.6) is 0 Å². The summed E-state index contributed by atoms with van der Waals surface area (Å²) >= 11 is 0. The maximum atomic E-state index is 10.2. The van der Waals surface area contributed by atoms with Gasteiger partial charge in [0.1, 0.15) is 5.92 Å². The molecule has 0 amide bonds. The lowest BCUT2D eigenvalue weighted by Gasteiger charge is -2.48. The maximum absolute atomic E-state index is 10.2. The lowest BCUT2D eigenvalue weighted by molar-refractivity contribution is 0.168. The Morgan fingerprint density at radius 1 is 1.13 bits per heavy atom. The number of nitrogens with one attached hydrogen (secondary N) is 2. The summed E-state index contributed by atoms with van der Waals surface area (Å²) in [5, 5.41) is 40.1. The van der Waals surface area contributed by atoms with Crippen molar-refractivity contribution in [1.29, 1.82) is 21.2 Å². The maximum Gasteiger partial charge on any atom is 0.189 e. The van der Waals surface area contributed by atoms with Crippen molar-refractivity contribution in [3.63, 3.8) is 0 Å². The zero-order valence-electron chi connectivity index (χ0n) is 17.5. The molecule has 1 saturated carbocycles. The summed E-state index contributed by atoms with van der Waals surface area (Å²) in [4.78, 5) is 3.27. The normalized spacial score (nSPS) is 28.0. The van der Waals surface area contributed by atoms with Crippen molar-refractivity contribution in [3.05, 3.63) is 47.7 Å². The number of H-pyrrole nitrogens is 1. The molecule has 0 aliphatic heterocycles. The number of rotatable bonds is 1. The minimum absolute atomic E-state index is 0.0713. The van der Waals surface area contributed by atoms with Gasteiger partial charge in [-0.1, -0.05) is 45.0 Å². The lowest BCUT2D eigenvalue weighted by atomic mass is 9.51. The van der Waals surface area contributed by atoms with Gasteiger partial charge in [0.05, 0.1) is 23.9 Å². The second-order valence-electron chi connectivity index (χ2n) is 9.62. The van der Waals surface area contributed by atoms with Crippen LogP contribution in [0, 0.1) is 68.0 Å². The molecule has 0 spiro atoms. The third-order valence-corrected chi connectivity index (χ3v) is 7.18. The van der Waals surface area contributed by atoms with Crippen molar-refractivity contribution in [1.82, 2.24) is 4.98 Å². The molecule has 5 nitrogen and oxygen atoms in total. The van der Waals surface area contributed by atoms with Crippen LogP contribution >= 0.6 is 0 Å². The first-order valence-electron chi connectivity index (χ1n) is 10.4.